The lowest BCUT2D eigenvalue weighted by Gasteiger charge is -2.21. The number of aromatic nitrogens is 1. The molecule has 0 spiro atoms. The molecule has 1 aromatic heterocycles. The molecule has 1 heterocycles. The van der Waals surface area contributed by atoms with E-state index in [4.69, 9.17) is 0 Å². The van der Waals surface area contributed by atoms with Gasteiger partial charge in [0, 0.05) is 39.5 Å². The maximum Gasteiger partial charge on any atom is 0.0457 e. The van der Waals surface area contributed by atoms with E-state index in [9.17, 15) is 0 Å². The summed E-state index contributed by atoms with van der Waals surface area (Å²) in [5.74, 6) is 0.877. The van der Waals surface area contributed by atoms with Crippen LogP contribution < -0.4 is 10.6 Å². The van der Waals surface area contributed by atoms with Crippen LogP contribution in [0.25, 0.3) is 16.6 Å². The predicted molar refractivity (Wildman–Crippen MR) is 136 cm³/mol. The number of halogens is 1. The second kappa shape index (κ2) is 10.5. The topological polar surface area (TPSA) is 39.9 Å². The molecule has 30 heavy (non-hydrogen) atoms. The van der Waals surface area contributed by atoms with Gasteiger partial charge in [-0.1, -0.05) is 50.1 Å². The summed E-state index contributed by atoms with van der Waals surface area (Å²) < 4.78 is 1.27. The molecular weight excluding hydrogens is 481 g/mol. The van der Waals surface area contributed by atoms with Crippen LogP contribution in [-0.4, -0.2) is 18.1 Å². The summed E-state index contributed by atoms with van der Waals surface area (Å²) in [4.78, 5) is 3.37. The summed E-state index contributed by atoms with van der Waals surface area (Å²) in [6.45, 7) is 7.22. The Hall–Kier alpha value is -1.79. The molecule has 1 aliphatic carbocycles. The van der Waals surface area contributed by atoms with Crippen LogP contribution in [0.1, 0.15) is 48.8 Å². The fraction of sp³-hybridized carbons (Fsp3) is 0.385. The molecule has 2 aromatic carbocycles. The first-order valence-electron chi connectivity index (χ1n) is 11.2. The molecular formula is C26H32IN3. The molecule has 0 aliphatic heterocycles. The molecule has 4 rings (SSSR count). The molecule has 1 saturated carbocycles. The van der Waals surface area contributed by atoms with Gasteiger partial charge in [-0.25, -0.2) is 0 Å². The van der Waals surface area contributed by atoms with Gasteiger partial charge >= 0.3 is 0 Å². The van der Waals surface area contributed by atoms with Crippen LogP contribution in [0.2, 0.25) is 0 Å². The first-order chi connectivity index (χ1) is 14.7. The van der Waals surface area contributed by atoms with E-state index in [0.29, 0.717) is 0 Å². The van der Waals surface area contributed by atoms with Gasteiger partial charge in [0.2, 0.25) is 0 Å². The second-order valence-electron chi connectivity index (χ2n) is 8.49. The van der Waals surface area contributed by atoms with E-state index in [0.717, 1.165) is 37.7 Å². The van der Waals surface area contributed by atoms with E-state index in [1.807, 2.05) is 0 Å². The monoisotopic (exact) mass is 513 g/mol. The van der Waals surface area contributed by atoms with Gasteiger partial charge in [0.05, 0.1) is 0 Å². The quantitative estimate of drug-likeness (QED) is 0.296. The molecule has 3 N–H and O–H groups in total. The van der Waals surface area contributed by atoms with E-state index in [2.05, 4.69) is 93.4 Å². The van der Waals surface area contributed by atoms with Gasteiger partial charge in [0.1, 0.15) is 0 Å². The minimum atomic E-state index is 0.877. The largest absolute Gasteiger partial charge is 0.385 e. The Labute approximate surface area is 193 Å². The van der Waals surface area contributed by atoms with Gasteiger partial charge in [-0.3, -0.25) is 0 Å². The zero-order chi connectivity index (χ0) is 20.8. The number of aromatic amines is 1. The highest BCUT2D eigenvalue weighted by Gasteiger charge is 2.12. The number of H-pyrrole nitrogens is 1. The van der Waals surface area contributed by atoms with Crippen LogP contribution in [0.5, 0.6) is 0 Å². The highest BCUT2D eigenvalue weighted by molar-refractivity contribution is 14.1. The molecule has 0 unspecified atom stereocenters. The summed E-state index contributed by atoms with van der Waals surface area (Å²) in [5, 5.41) is 8.46. The molecule has 0 amide bonds. The fourth-order valence-corrected chi connectivity index (χ4v) is 4.93. The summed E-state index contributed by atoms with van der Waals surface area (Å²) in [6, 6.07) is 15.3. The summed E-state index contributed by atoms with van der Waals surface area (Å²) in [6.07, 6.45) is 10.1. The van der Waals surface area contributed by atoms with Crippen LogP contribution in [0.15, 0.2) is 55.2 Å². The van der Waals surface area contributed by atoms with Crippen molar-refractivity contribution in [3.63, 3.8) is 0 Å². The third-order valence-electron chi connectivity index (χ3n) is 6.25. The van der Waals surface area contributed by atoms with Crippen LogP contribution >= 0.6 is 22.6 Å². The van der Waals surface area contributed by atoms with Crippen molar-refractivity contribution < 1.29 is 0 Å². The van der Waals surface area contributed by atoms with Crippen molar-refractivity contribution in [3.8, 4) is 0 Å². The lowest BCUT2D eigenvalue weighted by atomic mass is 9.89. The molecule has 158 valence electrons. The normalized spacial score (nSPS) is 14.8. The molecule has 1 aliphatic rings. The van der Waals surface area contributed by atoms with Crippen molar-refractivity contribution in [1.82, 2.24) is 15.6 Å². The molecule has 0 radical (unpaired) electrons. The molecule has 3 aromatic rings. The highest BCUT2D eigenvalue weighted by atomic mass is 127. The average molecular weight is 513 g/mol. The lowest BCUT2D eigenvalue weighted by Crippen LogP contribution is -2.24. The molecule has 3 nitrogen and oxygen atoms in total. The number of hydrogen-bond acceptors (Lipinski definition) is 2. The Morgan fingerprint density at radius 1 is 1.07 bits per heavy atom. The van der Waals surface area contributed by atoms with Gasteiger partial charge in [-0.05, 0) is 89.2 Å². The van der Waals surface area contributed by atoms with Crippen LogP contribution in [-0.2, 0) is 13.0 Å². The van der Waals surface area contributed by atoms with E-state index in [1.54, 1.807) is 0 Å². The van der Waals surface area contributed by atoms with Crippen LogP contribution in [0.4, 0.5) is 0 Å². The maximum absolute atomic E-state index is 4.24. The Morgan fingerprint density at radius 2 is 1.87 bits per heavy atom. The Bertz CT molecular complexity index is 968. The third-order valence-corrected chi connectivity index (χ3v) is 6.92. The van der Waals surface area contributed by atoms with Crippen molar-refractivity contribution in [2.24, 2.45) is 5.92 Å². The fourth-order valence-electron chi connectivity index (χ4n) is 4.44. The number of nitrogens with one attached hydrogen (secondary N) is 3. The SMILES string of the molecule is C=C(NCCc1c[nH]c2ccc(I)cc12)c1ccc(CNCC2CCCCC2)cc1. The van der Waals surface area contributed by atoms with E-state index >= 15 is 0 Å². The van der Waals surface area contributed by atoms with Gasteiger partial charge in [0.15, 0.2) is 0 Å². The van der Waals surface area contributed by atoms with Crippen molar-refractivity contribution in [2.75, 3.05) is 13.1 Å². The van der Waals surface area contributed by atoms with Crippen molar-refractivity contribution in [2.45, 2.75) is 45.1 Å². The third kappa shape index (κ3) is 5.67. The molecule has 1 fully saturated rings. The van der Waals surface area contributed by atoms with Gasteiger partial charge in [-0.2, -0.15) is 0 Å². The number of benzene rings is 2. The minimum Gasteiger partial charge on any atom is -0.385 e. The Kier molecular flexibility index (Phi) is 7.50. The maximum atomic E-state index is 4.24. The van der Waals surface area contributed by atoms with Crippen molar-refractivity contribution in [1.29, 1.82) is 0 Å². The summed E-state index contributed by atoms with van der Waals surface area (Å²) >= 11 is 2.37. The summed E-state index contributed by atoms with van der Waals surface area (Å²) in [7, 11) is 0. The molecule has 0 atom stereocenters. The van der Waals surface area contributed by atoms with Gasteiger partial charge in [-0.15, -0.1) is 0 Å². The Balaban J connectivity index is 1.22. The molecule has 0 bridgehead atoms. The van der Waals surface area contributed by atoms with E-state index < -0.39 is 0 Å². The highest BCUT2D eigenvalue weighted by Crippen LogP contribution is 2.23. The summed E-state index contributed by atoms with van der Waals surface area (Å²) in [5.41, 5.74) is 6.06. The number of fused-ring (bicyclic) bond motifs is 1. The second-order valence-corrected chi connectivity index (χ2v) is 9.74. The average Bonchev–Trinajstić information content (AvgIpc) is 3.17. The first kappa shape index (κ1) is 21.4. The smallest absolute Gasteiger partial charge is 0.0457 e. The van der Waals surface area contributed by atoms with E-state index in [-0.39, 0.29) is 0 Å². The minimum absolute atomic E-state index is 0.877. The first-order valence-corrected chi connectivity index (χ1v) is 12.3. The van der Waals surface area contributed by atoms with Crippen LogP contribution in [0, 0.1) is 9.49 Å². The number of rotatable bonds is 9. The van der Waals surface area contributed by atoms with Gasteiger partial charge in [0.25, 0.3) is 0 Å². The van der Waals surface area contributed by atoms with Gasteiger partial charge < -0.3 is 15.6 Å². The van der Waals surface area contributed by atoms with E-state index in [1.165, 1.54) is 63.3 Å². The zero-order valence-electron chi connectivity index (χ0n) is 17.6. The Morgan fingerprint density at radius 3 is 2.67 bits per heavy atom. The lowest BCUT2D eigenvalue weighted by molar-refractivity contribution is 0.342. The predicted octanol–water partition coefficient (Wildman–Crippen LogP) is 6.25. The molecule has 0 saturated heterocycles. The van der Waals surface area contributed by atoms with Crippen molar-refractivity contribution >= 4 is 39.2 Å². The zero-order valence-corrected chi connectivity index (χ0v) is 19.8. The molecule has 4 heteroatoms. The standard InChI is InChI=1S/C26H32IN3/c1-19(29-14-13-23-18-30-26-12-11-24(27)15-25(23)26)22-9-7-21(8-10-22)17-28-16-20-5-3-2-4-6-20/h7-12,15,18,20,28-30H,1-6,13-14,16-17H2. The van der Waals surface area contributed by atoms with Crippen LogP contribution in [0.3, 0.4) is 0 Å². The number of hydrogen-bond donors (Lipinski definition) is 3. The van der Waals surface area contributed by atoms with Crippen molar-refractivity contribution in [3.05, 3.63) is 75.5 Å².